The lowest BCUT2D eigenvalue weighted by Gasteiger charge is -2.07. The van der Waals surface area contributed by atoms with Gasteiger partial charge in [0.15, 0.2) is 5.56 Å². The Hall–Kier alpha value is 0.0900. The van der Waals surface area contributed by atoms with Crippen LogP contribution >= 0.6 is 34.8 Å². The number of nitrogens with zero attached hydrogens (tertiary/aromatic N) is 3. The molecule has 0 N–H and O–H groups in total. The van der Waals surface area contributed by atoms with Gasteiger partial charge in [-0.05, 0) is 5.53 Å². The van der Waals surface area contributed by atoms with E-state index in [1.165, 1.54) is 0 Å². The summed E-state index contributed by atoms with van der Waals surface area (Å²) in [5, 5.41) is 0. The lowest BCUT2D eigenvalue weighted by molar-refractivity contribution is 0.298. The topological polar surface area (TPSA) is 92.1 Å². The standard InChI is InChI=1S/C2H2Cl3N3O3S/c3-1(4)2(5)11-12(9,10)8-7-6/h1-2H. The van der Waals surface area contributed by atoms with Crippen molar-refractivity contribution < 1.29 is 12.6 Å². The Bertz CT molecular complexity index is 283. The van der Waals surface area contributed by atoms with Crippen molar-refractivity contribution in [3.8, 4) is 0 Å². The van der Waals surface area contributed by atoms with Gasteiger partial charge in [-0.1, -0.05) is 11.6 Å². The van der Waals surface area contributed by atoms with Crippen LogP contribution in [0.5, 0.6) is 0 Å². The smallest absolute Gasteiger partial charge is 0.241 e. The van der Waals surface area contributed by atoms with Crippen molar-refractivity contribution in [2.45, 2.75) is 10.4 Å². The van der Waals surface area contributed by atoms with E-state index in [0.29, 0.717) is 0 Å². The molecular weight excluding hydrogens is 252 g/mol. The van der Waals surface area contributed by atoms with E-state index in [0.717, 1.165) is 0 Å². The Labute approximate surface area is 83.2 Å². The predicted octanol–water partition coefficient (Wildman–Crippen LogP) is 1.93. The molecule has 0 heterocycles. The molecule has 0 rings (SSSR count). The second-order valence-corrected chi connectivity index (χ2v) is 4.19. The van der Waals surface area contributed by atoms with Crippen LogP contribution in [0.4, 0.5) is 0 Å². The number of alkyl halides is 3. The molecule has 0 aromatic carbocycles. The van der Waals surface area contributed by atoms with E-state index < -0.39 is 20.7 Å². The van der Waals surface area contributed by atoms with Crippen molar-refractivity contribution in [3.05, 3.63) is 10.4 Å². The van der Waals surface area contributed by atoms with Crippen molar-refractivity contribution >= 4 is 45.1 Å². The maximum Gasteiger partial charge on any atom is 0.360 e. The minimum absolute atomic E-state index is 1.24. The van der Waals surface area contributed by atoms with Crippen LogP contribution in [0.15, 0.2) is 4.52 Å². The summed E-state index contributed by atoms with van der Waals surface area (Å²) in [4.78, 5) is 0.747. The van der Waals surface area contributed by atoms with Gasteiger partial charge in [-0.25, -0.2) is 4.18 Å². The van der Waals surface area contributed by atoms with E-state index in [4.69, 9.17) is 40.3 Å². The molecule has 0 fully saturated rings. The predicted molar refractivity (Wildman–Crippen MR) is 44.3 cm³/mol. The van der Waals surface area contributed by atoms with E-state index >= 15 is 0 Å². The van der Waals surface area contributed by atoms with Gasteiger partial charge in [0.1, 0.15) is 4.84 Å². The van der Waals surface area contributed by atoms with Crippen molar-refractivity contribution in [1.82, 2.24) is 0 Å². The molecule has 10 heteroatoms. The van der Waals surface area contributed by atoms with E-state index in [-0.39, 0.29) is 0 Å². The Morgan fingerprint density at radius 2 is 1.92 bits per heavy atom. The Balaban J connectivity index is 4.36. The molecule has 0 aliphatic carbocycles. The third-order valence-electron chi connectivity index (χ3n) is 0.548. The SMILES string of the molecule is [N-]=[N+]=NS(=O)(=O)OC(Cl)C(Cl)Cl. The summed E-state index contributed by atoms with van der Waals surface area (Å²) in [6.45, 7) is 0. The van der Waals surface area contributed by atoms with Crippen LogP contribution < -0.4 is 0 Å². The molecule has 0 spiro atoms. The fourth-order valence-corrected chi connectivity index (χ4v) is 1.19. The van der Waals surface area contributed by atoms with Crippen molar-refractivity contribution in [3.63, 3.8) is 0 Å². The highest BCUT2D eigenvalue weighted by atomic mass is 35.5. The van der Waals surface area contributed by atoms with Crippen LogP contribution in [0.2, 0.25) is 0 Å². The van der Waals surface area contributed by atoms with Gasteiger partial charge in [0.05, 0.1) is 4.52 Å². The zero-order chi connectivity index (χ0) is 9.78. The Kier molecular flexibility index (Phi) is 5.00. The van der Waals surface area contributed by atoms with Crippen LogP contribution in [0.3, 0.4) is 0 Å². The molecule has 0 aromatic heterocycles. The lowest BCUT2D eigenvalue weighted by Crippen LogP contribution is -2.16. The summed E-state index contributed by atoms with van der Waals surface area (Å²) in [5.74, 6) is 0. The van der Waals surface area contributed by atoms with E-state index in [1.807, 2.05) is 4.91 Å². The normalized spacial score (nSPS) is 14.0. The largest absolute Gasteiger partial charge is 0.360 e. The van der Waals surface area contributed by atoms with Gasteiger partial charge in [0, 0.05) is 4.91 Å². The van der Waals surface area contributed by atoms with Gasteiger partial charge in [-0.2, -0.15) is 8.42 Å². The molecule has 12 heavy (non-hydrogen) atoms. The van der Waals surface area contributed by atoms with Crippen molar-refractivity contribution in [2.24, 2.45) is 4.52 Å². The third kappa shape index (κ3) is 4.87. The molecule has 0 bridgehead atoms. The molecule has 0 amide bonds. The molecule has 0 aliphatic heterocycles. The molecule has 0 aliphatic rings. The monoisotopic (exact) mass is 253 g/mol. The van der Waals surface area contributed by atoms with Crippen LogP contribution in [0.1, 0.15) is 0 Å². The quantitative estimate of drug-likeness (QED) is 0.332. The summed E-state index contributed by atoms with van der Waals surface area (Å²) in [6, 6.07) is 0. The van der Waals surface area contributed by atoms with Gasteiger partial charge in [-0.15, -0.1) is 23.2 Å². The number of rotatable bonds is 4. The number of hydrogen-bond acceptors (Lipinski definition) is 3. The van der Waals surface area contributed by atoms with E-state index in [2.05, 4.69) is 8.70 Å². The van der Waals surface area contributed by atoms with Crippen molar-refractivity contribution in [1.29, 1.82) is 0 Å². The fraction of sp³-hybridized carbons (Fsp3) is 1.00. The first-order valence-electron chi connectivity index (χ1n) is 2.31. The second kappa shape index (κ2) is 4.96. The van der Waals surface area contributed by atoms with Crippen LogP contribution in [0, 0.1) is 0 Å². The average molecular weight is 254 g/mol. The zero-order valence-electron chi connectivity index (χ0n) is 5.26. The lowest BCUT2D eigenvalue weighted by atomic mass is 10.8. The molecular formula is C2H2Cl3N3O3S. The minimum Gasteiger partial charge on any atom is -0.241 e. The van der Waals surface area contributed by atoms with Crippen molar-refractivity contribution in [2.75, 3.05) is 0 Å². The number of halogens is 3. The summed E-state index contributed by atoms with van der Waals surface area (Å²) in [6.07, 6.45) is 0. The van der Waals surface area contributed by atoms with Crippen LogP contribution in [-0.4, -0.2) is 18.8 Å². The molecule has 0 aromatic rings. The molecule has 0 saturated carbocycles. The number of hydrogen-bond donors (Lipinski definition) is 0. The summed E-state index contributed by atoms with van der Waals surface area (Å²) in [7, 11) is -4.37. The summed E-state index contributed by atoms with van der Waals surface area (Å²) in [5.41, 5.74) is 6.26. The van der Waals surface area contributed by atoms with Gasteiger partial charge in [0.2, 0.25) is 0 Å². The van der Waals surface area contributed by atoms with Gasteiger partial charge in [-0.3, -0.25) is 0 Å². The summed E-state index contributed by atoms with van der Waals surface area (Å²) >= 11 is 15.5. The Morgan fingerprint density at radius 3 is 2.25 bits per heavy atom. The molecule has 6 nitrogen and oxygen atoms in total. The molecule has 0 saturated heterocycles. The minimum atomic E-state index is -4.37. The van der Waals surface area contributed by atoms with Crippen LogP contribution in [0.25, 0.3) is 10.4 Å². The first-order chi connectivity index (χ1) is 5.39. The van der Waals surface area contributed by atoms with E-state index in [9.17, 15) is 8.42 Å². The zero-order valence-corrected chi connectivity index (χ0v) is 8.35. The fourth-order valence-electron chi connectivity index (χ4n) is 0.222. The molecule has 1 atom stereocenters. The highest BCUT2D eigenvalue weighted by Crippen LogP contribution is 2.18. The first kappa shape index (κ1) is 12.1. The van der Waals surface area contributed by atoms with Gasteiger partial charge in [0.25, 0.3) is 0 Å². The molecule has 0 radical (unpaired) electrons. The first-order valence-corrected chi connectivity index (χ1v) is 4.98. The maximum atomic E-state index is 10.5. The van der Waals surface area contributed by atoms with E-state index in [1.54, 1.807) is 0 Å². The summed E-state index contributed by atoms with van der Waals surface area (Å²) < 4.78 is 27.3. The van der Waals surface area contributed by atoms with Gasteiger partial charge >= 0.3 is 10.3 Å². The maximum absolute atomic E-state index is 10.5. The number of azide groups is 1. The highest BCUT2D eigenvalue weighted by Gasteiger charge is 2.21. The second-order valence-electron chi connectivity index (χ2n) is 1.38. The molecule has 1 unspecified atom stereocenters. The van der Waals surface area contributed by atoms with Gasteiger partial charge < -0.3 is 0 Å². The average Bonchev–Trinajstić information content (AvgIpc) is 1.85. The highest BCUT2D eigenvalue weighted by molar-refractivity contribution is 7.85. The Morgan fingerprint density at radius 1 is 1.42 bits per heavy atom. The third-order valence-corrected chi connectivity index (χ3v) is 2.43. The molecule has 70 valence electrons. The van der Waals surface area contributed by atoms with Crippen LogP contribution in [-0.2, 0) is 14.5 Å².